The molecule has 1 heterocycles. The summed E-state index contributed by atoms with van der Waals surface area (Å²) in [6, 6.07) is 0.660. The molecule has 1 aromatic heterocycles. The maximum Gasteiger partial charge on any atom is 0.326 e. The van der Waals surface area contributed by atoms with Crippen molar-refractivity contribution in [1.29, 1.82) is 0 Å². The number of carbonyl (C=O) groups excluding carboxylic acids is 1. The van der Waals surface area contributed by atoms with E-state index in [0.29, 0.717) is 19.1 Å². The van der Waals surface area contributed by atoms with Crippen LogP contribution >= 0.6 is 0 Å². The Balaban J connectivity index is 2.05. The SMILES string of the molecule is CCOC(=O)C(C)(CC(C)n1ccnc1)NC1CC1. The minimum Gasteiger partial charge on any atom is -0.465 e. The smallest absolute Gasteiger partial charge is 0.326 e. The van der Waals surface area contributed by atoms with Gasteiger partial charge in [0.15, 0.2) is 0 Å². The Morgan fingerprint density at radius 3 is 2.89 bits per heavy atom. The molecule has 0 amide bonds. The fourth-order valence-electron chi connectivity index (χ4n) is 2.40. The Bertz CT molecular complexity index is 414. The number of hydrogen-bond donors (Lipinski definition) is 1. The molecule has 1 saturated carbocycles. The van der Waals surface area contributed by atoms with Crippen LogP contribution in [0.3, 0.4) is 0 Å². The predicted octanol–water partition coefficient (Wildman–Crippen LogP) is 1.91. The first-order chi connectivity index (χ1) is 9.05. The largest absolute Gasteiger partial charge is 0.465 e. The van der Waals surface area contributed by atoms with E-state index in [0.717, 1.165) is 12.8 Å². The van der Waals surface area contributed by atoms with Gasteiger partial charge in [-0.3, -0.25) is 10.1 Å². The number of carbonyl (C=O) groups is 1. The predicted molar refractivity (Wildman–Crippen MR) is 72.8 cm³/mol. The molecule has 5 heteroatoms. The second kappa shape index (κ2) is 5.74. The molecule has 1 aromatic rings. The third-order valence-corrected chi connectivity index (χ3v) is 3.56. The van der Waals surface area contributed by atoms with Crippen LogP contribution < -0.4 is 5.32 Å². The van der Waals surface area contributed by atoms with E-state index >= 15 is 0 Å². The first-order valence-corrected chi connectivity index (χ1v) is 6.97. The Labute approximate surface area is 114 Å². The van der Waals surface area contributed by atoms with Crippen molar-refractivity contribution >= 4 is 5.97 Å². The van der Waals surface area contributed by atoms with Crippen LogP contribution in [0.5, 0.6) is 0 Å². The molecule has 1 N–H and O–H groups in total. The zero-order valence-electron chi connectivity index (χ0n) is 11.9. The van der Waals surface area contributed by atoms with Gasteiger partial charge in [-0.15, -0.1) is 0 Å². The lowest BCUT2D eigenvalue weighted by molar-refractivity contribution is -0.151. The van der Waals surface area contributed by atoms with Gasteiger partial charge in [0.2, 0.25) is 0 Å². The van der Waals surface area contributed by atoms with Crippen molar-refractivity contribution in [3.8, 4) is 0 Å². The molecule has 1 aliphatic carbocycles. The van der Waals surface area contributed by atoms with Crippen molar-refractivity contribution in [2.45, 2.75) is 57.7 Å². The number of aromatic nitrogens is 2. The van der Waals surface area contributed by atoms with E-state index in [-0.39, 0.29) is 12.0 Å². The zero-order chi connectivity index (χ0) is 13.9. The summed E-state index contributed by atoms with van der Waals surface area (Å²) in [5.41, 5.74) is -0.624. The second-order valence-electron chi connectivity index (χ2n) is 5.53. The summed E-state index contributed by atoms with van der Waals surface area (Å²) in [5, 5.41) is 3.44. The van der Waals surface area contributed by atoms with Gasteiger partial charge in [0, 0.05) is 24.5 Å². The van der Waals surface area contributed by atoms with Crippen molar-refractivity contribution in [1.82, 2.24) is 14.9 Å². The van der Waals surface area contributed by atoms with Gasteiger partial charge in [-0.05, 0) is 40.0 Å². The molecule has 0 radical (unpaired) electrons. The molecular formula is C14H23N3O2. The van der Waals surface area contributed by atoms with Gasteiger partial charge >= 0.3 is 5.97 Å². The summed E-state index contributed by atoms with van der Waals surface area (Å²) in [6.07, 6.45) is 8.45. The standard InChI is InChI=1S/C14H23N3O2/c1-4-19-13(18)14(3,16-12-5-6-12)9-11(2)17-8-7-15-10-17/h7-8,10-12,16H,4-6,9H2,1-3H3. The maximum atomic E-state index is 12.2. The molecule has 1 aliphatic rings. The molecule has 0 aromatic carbocycles. The van der Waals surface area contributed by atoms with Crippen LogP contribution in [-0.4, -0.2) is 33.7 Å². The summed E-state index contributed by atoms with van der Waals surface area (Å²) in [6.45, 7) is 6.29. The normalized spacial score (nSPS) is 19.7. The second-order valence-corrected chi connectivity index (χ2v) is 5.53. The van der Waals surface area contributed by atoms with E-state index < -0.39 is 5.54 Å². The van der Waals surface area contributed by atoms with Crippen molar-refractivity contribution < 1.29 is 9.53 Å². The van der Waals surface area contributed by atoms with Crippen LogP contribution in [-0.2, 0) is 9.53 Å². The Kier molecular flexibility index (Phi) is 4.24. The first-order valence-electron chi connectivity index (χ1n) is 6.97. The molecule has 0 aliphatic heterocycles. The highest BCUT2D eigenvalue weighted by atomic mass is 16.5. The molecule has 0 saturated heterocycles. The molecule has 2 rings (SSSR count). The highest BCUT2D eigenvalue weighted by molar-refractivity contribution is 5.80. The molecule has 19 heavy (non-hydrogen) atoms. The summed E-state index contributed by atoms with van der Waals surface area (Å²) >= 11 is 0. The number of ether oxygens (including phenoxy) is 1. The van der Waals surface area contributed by atoms with E-state index in [1.165, 1.54) is 0 Å². The van der Waals surface area contributed by atoms with Gasteiger partial charge in [0.1, 0.15) is 5.54 Å². The van der Waals surface area contributed by atoms with Gasteiger partial charge in [0.05, 0.1) is 12.9 Å². The first kappa shape index (κ1) is 14.1. The molecule has 106 valence electrons. The van der Waals surface area contributed by atoms with E-state index in [1.54, 1.807) is 12.5 Å². The topological polar surface area (TPSA) is 56.2 Å². The molecule has 2 unspecified atom stereocenters. The molecule has 2 atom stereocenters. The highest BCUT2D eigenvalue weighted by Crippen LogP contribution is 2.28. The Morgan fingerprint density at radius 1 is 1.63 bits per heavy atom. The van der Waals surface area contributed by atoms with Crippen LogP contribution in [0.1, 0.15) is 46.1 Å². The Hall–Kier alpha value is -1.36. The van der Waals surface area contributed by atoms with Crippen LogP contribution in [0.2, 0.25) is 0 Å². The van der Waals surface area contributed by atoms with Crippen molar-refractivity contribution in [2.24, 2.45) is 0 Å². The average molecular weight is 265 g/mol. The molecule has 5 nitrogen and oxygen atoms in total. The van der Waals surface area contributed by atoms with Crippen LogP contribution in [0.15, 0.2) is 18.7 Å². The fourth-order valence-corrected chi connectivity index (χ4v) is 2.40. The third kappa shape index (κ3) is 3.56. The quantitative estimate of drug-likeness (QED) is 0.765. The maximum absolute atomic E-state index is 12.2. The van der Waals surface area contributed by atoms with Crippen molar-refractivity contribution in [3.05, 3.63) is 18.7 Å². The molecule has 1 fully saturated rings. The summed E-state index contributed by atoms with van der Waals surface area (Å²) in [5.74, 6) is -0.158. The lowest BCUT2D eigenvalue weighted by Gasteiger charge is -2.31. The lowest BCUT2D eigenvalue weighted by Crippen LogP contribution is -2.52. The van der Waals surface area contributed by atoms with Crippen LogP contribution in [0, 0.1) is 0 Å². The lowest BCUT2D eigenvalue weighted by atomic mass is 9.93. The van der Waals surface area contributed by atoms with E-state index in [9.17, 15) is 4.79 Å². The van der Waals surface area contributed by atoms with E-state index in [4.69, 9.17) is 4.74 Å². The van der Waals surface area contributed by atoms with Gasteiger partial charge in [-0.25, -0.2) is 4.98 Å². The van der Waals surface area contributed by atoms with Crippen LogP contribution in [0.4, 0.5) is 0 Å². The third-order valence-electron chi connectivity index (χ3n) is 3.56. The number of imidazole rings is 1. The van der Waals surface area contributed by atoms with Crippen LogP contribution in [0.25, 0.3) is 0 Å². The molecular weight excluding hydrogens is 242 g/mol. The van der Waals surface area contributed by atoms with Crippen molar-refractivity contribution in [3.63, 3.8) is 0 Å². The highest BCUT2D eigenvalue weighted by Gasteiger charge is 2.40. The zero-order valence-corrected chi connectivity index (χ0v) is 11.9. The number of rotatable bonds is 7. The van der Waals surface area contributed by atoms with Gasteiger partial charge in [0.25, 0.3) is 0 Å². The number of nitrogens with zero attached hydrogens (tertiary/aromatic N) is 2. The monoisotopic (exact) mass is 265 g/mol. The number of nitrogens with one attached hydrogen (secondary N) is 1. The van der Waals surface area contributed by atoms with Crippen molar-refractivity contribution in [2.75, 3.05) is 6.61 Å². The number of hydrogen-bond acceptors (Lipinski definition) is 4. The molecule has 0 bridgehead atoms. The summed E-state index contributed by atoms with van der Waals surface area (Å²) in [4.78, 5) is 16.3. The minimum atomic E-state index is -0.624. The fraction of sp³-hybridized carbons (Fsp3) is 0.714. The number of esters is 1. The summed E-state index contributed by atoms with van der Waals surface area (Å²) < 4.78 is 7.25. The van der Waals surface area contributed by atoms with E-state index in [1.807, 2.05) is 24.6 Å². The Morgan fingerprint density at radius 2 is 2.37 bits per heavy atom. The van der Waals surface area contributed by atoms with Gasteiger partial charge in [-0.2, -0.15) is 0 Å². The van der Waals surface area contributed by atoms with Gasteiger partial charge < -0.3 is 9.30 Å². The average Bonchev–Trinajstić information content (AvgIpc) is 2.98. The minimum absolute atomic E-state index is 0.158. The van der Waals surface area contributed by atoms with E-state index in [2.05, 4.69) is 17.2 Å². The molecule has 0 spiro atoms. The van der Waals surface area contributed by atoms with Gasteiger partial charge in [-0.1, -0.05) is 0 Å². The summed E-state index contributed by atoms with van der Waals surface area (Å²) in [7, 11) is 0.